The average Bonchev–Trinajstić information content (AvgIpc) is 3.26. The molecule has 1 rings (SSSR count). The first-order valence-corrected chi connectivity index (χ1v) is 26.3. The maximum absolute atomic E-state index is 12.8. The number of aliphatic hydroxyl groups is 5. The normalized spacial score (nSPS) is 22.0. The second-order valence-corrected chi connectivity index (χ2v) is 18.7. The zero-order valence-electron chi connectivity index (χ0n) is 39.1. The zero-order chi connectivity index (χ0) is 46.4. The Hall–Kier alpha value is -1.93. The number of ether oxygens (including phenoxy) is 2. The fourth-order valence-electron chi connectivity index (χ4n) is 7.45. The van der Waals surface area contributed by atoms with Crippen molar-refractivity contribution in [1.29, 1.82) is 0 Å². The fourth-order valence-corrected chi connectivity index (χ4v) is 8.42. The molecule has 6 unspecified atom stereocenters. The van der Waals surface area contributed by atoms with Crippen LogP contribution in [0, 0.1) is 0 Å². The van der Waals surface area contributed by atoms with Gasteiger partial charge in [-0.05, 0) is 64.2 Å². The number of aliphatic hydroxyl groups excluding tert-OH is 5. The van der Waals surface area contributed by atoms with Gasteiger partial charge in [0.25, 0.3) is 0 Å². The molecule has 368 valence electrons. The van der Waals surface area contributed by atoms with Crippen LogP contribution in [-0.2, 0) is 32.7 Å². The van der Waals surface area contributed by atoms with E-state index in [0.29, 0.717) is 12.8 Å². The molecular weight excluding hydrogens is 827 g/mol. The minimum Gasteiger partial charge on any atom is -0.462 e. The number of hydrogen-bond acceptors (Lipinski definition) is 12. The van der Waals surface area contributed by atoms with Gasteiger partial charge in [-0.3, -0.25) is 18.6 Å². The highest BCUT2D eigenvalue weighted by atomic mass is 31.2. The lowest BCUT2D eigenvalue weighted by Crippen LogP contribution is -2.64. The summed E-state index contributed by atoms with van der Waals surface area (Å²) in [5.74, 6) is -1.12. The van der Waals surface area contributed by atoms with E-state index in [1.165, 1.54) is 96.3 Å². The molecule has 0 amide bonds. The Labute approximate surface area is 380 Å². The van der Waals surface area contributed by atoms with Crippen molar-refractivity contribution in [3.63, 3.8) is 0 Å². The first-order valence-electron chi connectivity index (χ1n) is 24.8. The molecule has 0 spiro atoms. The van der Waals surface area contributed by atoms with Crippen molar-refractivity contribution in [2.24, 2.45) is 0 Å². The van der Waals surface area contributed by atoms with Crippen LogP contribution in [0.25, 0.3) is 0 Å². The van der Waals surface area contributed by atoms with Crippen molar-refractivity contribution in [3.05, 3.63) is 36.5 Å². The van der Waals surface area contributed by atoms with Gasteiger partial charge in [-0.25, -0.2) is 4.57 Å². The fraction of sp³-hybridized carbons (Fsp3) is 0.837. The van der Waals surface area contributed by atoms with E-state index in [0.717, 1.165) is 70.6 Å². The van der Waals surface area contributed by atoms with Gasteiger partial charge in [-0.2, -0.15) is 0 Å². The summed E-state index contributed by atoms with van der Waals surface area (Å²) in [6.07, 6.45) is 31.9. The van der Waals surface area contributed by atoms with E-state index in [1.807, 2.05) is 0 Å². The molecule has 0 radical (unpaired) electrons. The third-order valence-electron chi connectivity index (χ3n) is 11.5. The highest BCUT2D eigenvalue weighted by Gasteiger charge is 2.51. The summed E-state index contributed by atoms with van der Waals surface area (Å²) in [5, 5.41) is 50.2. The molecule has 0 aromatic carbocycles. The largest absolute Gasteiger partial charge is 0.472 e. The number of phosphoric acid groups is 1. The van der Waals surface area contributed by atoms with Gasteiger partial charge in [0, 0.05) is 12.8 Å². The van der Waals surface area contributed by atoms with Gasteiger partial charge in [0.2, 0.25) is 0 Å². The van der Waals surface area contributed by atoms with Crippen molar-refractivity contribution in [2.75, 3.05) is 13.2 Å². The van der Waals surface area contributed by atoms with Gasteiger partial charge in [0.1, 0.15) is 43.2 Å². The van der Waals surface area contributed by atoms with E-state index in [2.05, 4.69) is 50.3 Å². The first-order chi connectivity index (χ1) is 30.4. The van der Waals surface area contributed by atoms with Crippen LogP contribution in [0.5, 0.6) is 0 Å². The Balaban J connectivity index is 2.43. The predicted octanol–water partition coefficient (Wildman–Crippen LogP) is 10.2. The molecule has 14 heteroatoms. The molecule has 0 heterocycles. The van der Waals surface area contributed by atoms with Gasteiger partial charge >= 0.3 is 19.8 Å². The topological polar surface area (TPSA) is 210 Å². The number of carbonyl (C=O) groups is 2. The predicted molar refractivity (Wildman–Crippen MR) is 249 cm³/mol. The maximum Gasteiger partial charge on any atom is 0.472 e. The quantitative estimate of drug-likeness (QED) is 0.0111. The van der Waals surface area contributed by atoms with Crippen LogP contribution in [0.3, 0.4) is 0 Å². The van der Waals surface area contributed by atoms with Gasteiger partial charge in [0.05, 0.1) is 6.61 Å². The van der Waals surface area contributed by atoms with Crippen LogP contribution in [0.15, 0.2) is 36.5 Å². The van der Waals surface area contributed by atoms with E-state index >= 15 is 0 Å². The van der Waals surface area contributed by atoms with E-state index in [-0.39, 0.29) is 12.8 Å². The number of allylic oxidation sites excluding steroid dienone is 6. The second kappa shape index (κ2) is 39.3. The molecule has 1 fully saturated rings. The standard InChI is InChI=1S/C49H89O13P/c1-3-5-7-9-11-13-15-17-19-20-21-22-24-26-28-30-32-34-36-38-43(51)61-41(40-60-63(57,58)62-49-47(55)45(53)44(52)46(54)48(49)56)39-59-42(50)37-35-33-31-29-27-25-23-18-16-14-12-10-8-6-4-2/h14,16-19,23,41,44-49,52-56H,3-13,15,20-22,24-40H2,1-2H3,(H,57,58)/b16-14+,19-17+,23-18+/t41-,44?,45-,46?,47?,48?,49?/m1/s1. The van der Waals surface area contributed by atoms with Crippen molar-refractivity contribution >= 4 is 19.8 Å². The summed E-state index contributed by atoms with van der Waals surface area (Å²) in [6, 6.07) is 0. The SMILES string of the molecule is CCCCCC/C=C/C=C/CCCCCCCC(=O)OC[C@H](COP(=O)(O)OC1C(O)C(O)C(O)[C@@H](O)C1O)OC(=O)CCCCCCCCCCC/C=C/CCCCCCCC. The van der Waals surface area contributed by atoms with Gasteiger partial charge < -0.3 is 39.9 Å². The lowest BCUT2D eigenvalue weighted by molar-refractivity contribution is -0.220. The van der Waals surface area contributed by atoms with Crippen LogP contribution >= 0.6 is 7.82 Å². The van der Waals surface area contributed by atoms with Crippen LogP contribution in [0.4, 0.5) is 0 Å². The molecule has 1 saturated carbocycles. The molecule has 8 atom stereocenters. The minimum atomic E-state index is -5.12. The monoisotopic (exact) mass is 917 g/mol. The van der Waals surface area contributed by atoms with Crippen molar-refractivity contribution in [3.8, 4) is 0 Å². The number of unbranched alkanes of at least 4 members (excludes halogenated alkanes) is 24. The number of esters is 2. The van der Waals surface area contributed by atoms with Crippen molar-refractivity contribution < 1.29 is 63.1 Å². The smallest absolute Gasteiger partial charge is 0.462 e. The molecule has 1 aliphatic carbocycles. The third kappa shape index (κ3) is 31.6. The summed E-state index contributed by atoms with van der Waals surface area (Å²) < 4.78 is 33.6. The minimum absolute atomic E-state index is 0.0916. The Morgan fingerprint density at radius 3 is 1.32 bits per heavy atom. The van der Waals surface area contributed by atoms with Crippen LogP contribution < -0.4 is 0 Å². The summed E-state index contributed by atoms with van der Waals surface area (Å²) in [4.78, 5) is 35.8. The lowest BCUT2D eigenvalue weighted by atomic mass is 9.85. The number of phosphoric ester groups is 1. The Morgan fingerprint density at radius 1 is 0.492 bits per heavy atom. The summed E-state index contributed by atoms with van der Waals surface area (Å²) >= 11 is 0. The number of hydrogen-bond donors (Lipinski definition) is 6. The highest BCUT2D eigenvalue weighted by Crippen LogP contribution is 2.47. The lowest BCUT2D eigenvalue weighted by Gasteiger charge is -2.41. The molecular formula is C49H89O13P. The Bertz CT molecular complexity index is 1240. The van der Waals surface area contributed by atoms with Gasteiger partial charge in [-0.1, -0.05) is 166 Å². The summed E-state index contributed by atoms with van der Waals surface area (Å²) in [6.45, 7) is 3.28. The average molecular weight is 917 g/mol. The molecule has 63 heavy (non-hydrogen) atoms. The van der Waals surface area contributed by atoms with Crippen LogP contribution in [-0.4, -0.2) is 98.3 Å². The van der Waals surface area contributed by atoms with Crippen molar-refractivity contribution in [1.82, 2.24) is 0 Å². The Morgan fingerprint density at radius 2 is 0.857 bits per heavy atom. The Kier molecular flexibility index (Phi) is 36.8. The molecule has 0 bridgehead atoms. The maximum atomic E-state index is 12.8. The molecule has 0 aromatic heterocycles. The van der Waals surface area contributed by atoms with Crippen molar-refractivity contribution in [2.45, 2.75) is 249 Å². The van der Waals surface area contributed by atoms with Gasteiger partial charge in [0.15, 0.2) is 6.10 Å². The first kappa shape index (κ1) is 59.1. The number of rotatable bonds is 41. The van der Waals surface area contributed by atoms with E-state index in [1.54, 1.807) is 0 Å². The van der Waals surface area contributed by atoms with E-state index < -0.39 is 75.7 Å². The molecule has 0 saturated heterocycles. The van der Waals surface area contributed by atoms with E-state index in [4.69, 9.17) is 18.5 Å². The molecule has 1 aliphatic rings. The zero-order valence-corrected chi connectivity index (χ0v) is 40.0. The third-order valence-corrected chi connectivity index (χ3v) is 12.5. The second-order valence-electron chi connectivity index (χ2n) is 17.3. The molecule has 13 nitrogen and oxygen atoms in total. The number of carbonyl (C=O) groups excluding carboxylic acids is 2. The molecule has 0 aliphatic heterocycles. The van der Waals surface area contributed by atoms with Crippen LogP contribution in [0.2, 0.25) is 0 Å². The van der Waals surface area contributed by atoms with Crippen LogP contribution in [0.1, 0.15) is 206 Å². The summed E-state index contributed by atoms with van der Waals surface area (Å²) in [7, 11) is -5.12. The molecule has 6 N–H and O–H groups in total. The highest BCUT2D eigenvalue weighted by molar-refractivity contribution is 7.47. The van der Waals surface area contributed by atoms with Gasteiger partial charge in [-0.15, -0.1) is 0 Å². The molecule has 0 aromatic rings. The summed E-state index contributed by atoms with van der Waals surface area (Å²) in [5.41, 5.74) is 0. The van der Waals surface area contributed by atoms with E-state index in [9.17, 15) is 44.6 Å².